The third-order valence-corrected chi connectivity index (χ3v) is 5.98. The van der Waals surface area contributed by atoms with Crippen LogP contribution in [0.2, 0.25) is 0 Å². The lowest BCUT2D eigenvalue weighted by atomic mass is 10.2. The van der Waals surface area contributed by atoms with Gasteiger partial charge in [0.15, 0.2) is 12.6 Å². The molecule has 0 spiro atoms. The van der Waals surface area contributed by atoms with Crippen LogP contribution in [0.15, 0.2) is 12.1 Å². The second-order valence-electron chi connectivity index (χ2n) is 5.17. The van der Waals surface area contributed by atoms with Gasteiger partial charge in [-0.3, -0.25) is 9.59 Å². The van der Waals surface area contributed by atoms with Gasteiger partial charge >= 0.3 is 0 Å². The van der Waals surface area contributed by atoms with Crippen LogP contribution in [-0.2, 0) is 6.54 Å². The van der Waals surface area contributed by atoms with Crippen molar-refractivity contribution in [3.8, 4) is 0 Å². The first-order chi connectivity index (χ1) is 10.3. The van der Waals surface area contributed by atoms with Crippen LogP contribution >= 0.6 is 22.7 Å². The van der Waals surface area contributed by atoms with Crippen molar-refractivity contribution in [1.29, 1.82) is 0 Å². The van der Waals surface area contributed by atoms with Gasteiger partial charge in [-0.1, -0.05) is 26.2 Å². The van der Waals surface area contributed by atoms with Gasteiger partial charge in [-0.15, -0.1) is 22.7 Å². The molecule has 0 aliphatic carbocycles. The van der Waals surface area contributed by atoms with Gasteiger partial charge in [0.25, 0.3) is 0 Å². The molecule has 5 heteroatoms. The van der Waals surface area contributed by atoms with E-state index in [1.165, 1.54) is 41.9 Å². The van der Waals surface area contributed by atoms with Crippen molar-refractivity contribution in [2.75, 3.05) is 0 Å². The molecule has 3 nitrogen and oxygen atoms in total. The van der Waals surface area contributed by atoms with Crippen LogP contribution in [0.25, 0.3) is 20.4 Å². The van der Waals surface area contributed by atoms with Crippen LogP contribution in [0.1, 0.15) is 52.0 Å². The Balaban J connectivity index is 2.06. The first-order valence-electron chi connectivity index (χ1n) is 7.24. The van der Waals surface area contributed by atoms with Gasteiger partial charge in [0.1, 0.15) is 0 Å². The Hall–Kier alpha value is -1.46. The number of aryl methyl sites for hydroxylation is 1. The van der Waals surface area contributed by atoms with Crippen molar-refractivity contribution in [3.05, 3.63) is 21.9 Å². The fourth-order valence-corrected chi connectivity index (χ4v) is 4.81. The van der Waals surface area contributed by atoms with Gasteiger partial charge in [0, 0.05) is 6.54 Å². The van der Waals surface area contributed by atoms with Gasteiger partial charge in [-0.25, -0.2) is 0 Å². The minimum atomic E-state index is 0.755. The summed E-state index contributed by atoms with van der Waals surface area (Å²) in [4.78, 5) is 23.6. The molecular formula is C16H17NO2S2. The number of nitrogens with zero attached hydrogens (tertiary/aromatic N) is 1. The molecule has 0 radical (unpaired) electrons. The highest BCUT2D eigenvalue weighted by Crippen LogP contribution is 2.39. The van der Waals surface area contributed by atoms with E-state index in [1.54, 1.807) is 0 Å². The van der Waals surface area contributed by atoms with E-state index in [0.717, 1.165) is 55.7 Å². The standard InChI is InChI=1S/C16H17NO2S2/c1-2-3-4-5-6-17-13-7-11(9-18)20-15(13)16-14(17)8-12(10-19)21-16/h7-10H,2-6H2,1H3. The van der Waals surface area contributed by atoms with Crippen LogP contribution in [0.3, 0.4) is 0 Å². The predicted molar refractivity (Wildman–Crippen MR) is 90.1 cm³/mol. The number of unbranched alkanes of at least 4 members (excludes halogenated alkanes) is 3. The number of carbonyl (C=O) groups excluding carboxylic acids is 2. The van der Waals surface area contributed by atoms with Crippen LogP contribution in [0.5, 0.6) is 0 Å². The Labute approximate surface area is 131 Å². The SMILES string of the molecule is CCCCCCn1c2cc(C=O)sc2c2sc(C=O)cc21. The van der Waals surface area contributed by atoms with E-state index in [0.29, 0.717) is 0 Å². The van der Waals surface area contributed by atoms with Crippen LogP contribution in [0.4, 0.5) is 0 Å². The van der Waals surface area contributed by atoms with Gasteiger partial charge < -0.3 is 4.57 Å². The van der Waals surface area contributed by atoms with Gasteiger partial charge in [0.05, 0.1) is 30.2 Å². The van der Waals surface area contributed by atoms with E-state index in [4.69, 9.17) is 0 Å². The monoisotopic (exact) mass is 319 g/mol. The molecule has 3 heterocycles. The average Bonchev–Trinajstić information content (AvgIpc) is 3.15. The third kappa shape index (κ3) is 2.56. The number of rotatable bonds is 7. The molecule has 0 fully saturated rings. The Morgan fingerprint density at radius 1 is 0.952 bits per heavy atom. The summed E-state index contributed by atoms with van der Waals surface area (Å²) in [6.07, 6.45) is 6.63. The maximum Gasteiger partial charge on any atom is 0.160 e. The van der Waals surface area contributed by atoms with E-state index in [-0.39, 0.29) is 0 Å². The molecule has 21 heavy (non-hydrogen) atoms. The molecule has 0 bridgehead atoms. The average molecular weight is 319 g/mol. The number of aldehydes is 2. The molecule has 0 unspecified atom stereocenters. The first kappa shape index (κ1) is 14.5. The van der Waals surface area contributed by atoms with Crippen LogP contribution in [-0.4, -0.2) is 17.1 Å². The second kappa shape index (κ2) is 6.12. The zero-order valence-corrected chi connectivity index (χ0v) is 13.6. The highest BCUT2D eigenvalue weighted by molar-refractivity contribution is 7.28. The quantitative estimate of drug-likeness (QED) is 0.448. The highest BCUT2D eigenvalue weighted by Gasteiger charge is 2.16. The molecule has 0 aliphatic heterocycles. The molecule has 0 N–H and O–H groups in total. The Morgan fingerprint density at radius 2 is 1.52 bits per heavy atom. The normalized spacial score (nSPS) is 11.5. The lowest BCUT2D eigenvalue weighted by Gasteiger charge is -2.05. The maximum atomic E-state index is 11.0. The highest BCUT2D eigenvalue weighted by atomic mass is 32.1. The number of fused-ring (bicyclic) bond motifs is 3. The van der Waals surface area contributed by atoms with Crippen LogP contribution in [0, 0.1) is 0 Å². The maximum absolute atomic E-state index is 11.0. The van der Waals surface area contributed by atoms with Crippen molar-refractivity contribution in [2.24, 2.45) is 0 Å². The molecule has 0 aliphatic rings. The topological polar surface area (TPSA) is 39.1 Å². The molecule has 3 aromatic heterocycles. The summed E-state index contributed by atoms with van der Waals surface area (Å²) in [5.41, 5.74) is 2.27. The molecule has 0 saturated carbocycles. The molecule has 0 amide bonds. The first-order valence-corrected chi connectivity index (χ1v) is 8.87. The number of hydrogen-bond donors (Lipinski definition) is 0. The van der Waals surface area contributed by atoms with E-state index in [2.05, 4.69) is 11.5 Å². The molecule has 3 rings (SSSR count). The van der Waals surface area contributed by atoms with Crippen molar-refractivity contribution in [2.45, 2.75) is 39.2 Å². The lowest BCUT2D eigenvalue weighted by molar-refractivity contribution is 0.111. The molecule has 3 aromatic rings. The summed E-state index contributed by atoms with van der Waals surface area (Å²) < 4.78 is 4.55. The Kier molecular flexibility index (Phi) is 4.22. The summed E-state index contributed by atoms with van der Waals surface area (Å²) in [6, 6.07) is 3.94. The molecule has 0 atom stereocenters. The fourth-order valence-electron chi connectivity index (χ4n) is 2.71. The number of carbonyl (C=O) groups is 2. The lowest BCUT2D eigenvalue weighted by Crippen LogP contribution is -1.96. The number of thiophene rings is 2. The minimum absolute atomic E-state index is 0.755. The summed E-state index contributed by atoms with van der Waals surface area (Å²) in [5.74, 6) is 0. The second-order valence-corrected chi connectivity index (χ2v) is 7.34. The summed E-state index contributed by atoms with van der Waals surface area (Å²) >= 11 is 3.04. The molecule has 110 valence electrons. The summed E-state index contributed by atoms with van der Waals surface area (Å²) in [5, 5.41) is 0. The Morgan fingerprint density at radius 3 is 2.00 bits per heavy atom. The summed E-state index contributed by atoms with van der Waals surface area (Å²) in [6.45, 7) is 3.15. The number of hydrogen-bond acceptors (Lipinski definition) is 4. The van der Waals surface area contributed by atoms with E-state index < -0.39 is 0 Å². The van der Waals surface area contributed by atoms with Gasteiger partial charge in [0.2, 0.25) is 0 Å². The van der Waals surface area contributed by atoms with Gasteiger partial charge in [-0.05, 0) is 18.6 Å². The van der Waals surface area contributed by atoms with E-state index in [1.807, 2.05) is 12.1 Å². The van der Waals surface area contributed by atoms with Crippen molar-refractivity contribution in [3.63, 3.8) is 0 Å². The minimum Gasteiger partial charge on any atom is -0.339 e. The largest absolute Gasteiger partial charge is 0.339 e. The van der Waals surface area contributed by atoms with Crippen molar-refractivity contribution in [1.82, 2.24) is 4.57 Å². The number of aromatic nitrogens is 1. The van der Waals surface area contributed by atoms with Gasteiger partial charge in [-0.2, -0.15) is 0 Å². The molecular weight excluding hydrogens is 302 g/mol. The van der Waals surface area contributed by atoms with E-state index in [9.17, 15) is 9.59 Å². The van der Waals surface area contributed by atoms with E-state index >= 15 is 0 Å². The summed E-state index contributed by atoms with van der Waals surface area (Å²) in [7, 11) is 0. The van der Waals surface area contributed by atoms with Crippen molar-refractivity contribution < 1.29 is 9.59 Å². The zero-order valence-electron chi connectivity index (χ0n) is 11.9. The Bertz CT molecular complexity index is 734. The smallest absolute Gasteiger partial charge is 0.160 e. The zero-order chi connectivity index (χ0) is 14.8. The van der Waals surface area contributed by atoms with Crippen LogP contribution < -0.4 is 0 Å². The molecule has 0 saturated heterocycles. The van der Waals surface area contributed by atoms with Crippen molar-refractivity contribution >= 4 is 55.7 Å². The molecule has 0 aromatic carbocycles. The fraction of sp³-hybridized carbons (Fsp3) is 0.375. The predicted octanol–water partition coefficient (Wildman–Crippen LogP) is 5.12. The third-order valence-electron chi connectivity index (χ3n) is 3.72.